The lowest BCUT2D eigenvalue weighted by atomic mass is 10.1. The molecule has 1 aliphatic rings. The zero-order valence-electron chi connectivity index (χ0n) is 15.1. The van der Waals surface area contributed by atoms with Crippen molar-refractivity contribution in [2.45, 2.75) is 12.5 Å². The molecule has 28 heavy (non-hydrogen) atoms. The van der Waals surface area contributed by atoms with Crippen LogP contribution in [0.2, 0.25) is 0 Å². The summed E-state index contributed by atoms with van der Waals surface area (Å²) in [5.41, 5.74) is 0.461. The van der Waals surface area contributed by atoms with Gasteiger partial charge in [-0.3, -0.25) is 9.36 Å². The number of carbonyl (C=O) groups excluding carboxylic acids is 2. The highest BCUT2D eigenvalue weighted by Crippen LogP contribution is 2.22. The third-order valence-electron chi connectivity index (χ3n) is 4.61. The van der Waals surface area contributed by atoms with Gasteiger partial charge in [-0.1, -0.05) is 24.3 Å². The minimum atomic E-state index is -0.927. The Morgan fingerprint density at radius 2 is 1.89 bits per heavy atom. The van der Waals surface area contributed by atoms with Crippen LogP contribution in [0.3, 0.4) is 0 Å². The van der Waals surface area contributed by atoms with Gasteiger partial charge in [0.2, 0.25) is 6.10 Å². The molecule has 1 fully saturated rings. The molecule has 0 N–H and O–H groups in total. The topological polar surface area (TPSA) is 83.8 Å². The summed E-state index contributed by atoms with van der Waals surface area (Å²) in [6.07, 6.45) is 0.823. The summed E-state index contributed by atoms with van der Waals surface area (Å²) in [7, 11) is 1.53. The van der Waals surface area contributed by atoms with E-state index in [0.717, 1.165) is 0 Å². The van der Waals surface area contributed by atoms with Gasteiger partial charge in [0.1, 0.15) is 5.75 Å². The Hall–Kier alpha value is -3.61. The number of hydrogen-bond acceptors (Lipinski definition) is 6. The van der Waals surface area contributed by atoms with Crippen LogP contribution in [0, 0.1) is 0 Å². The Bertz CT molecular complexity index is 1130. The van der Waals surface area contributed by atoms with E-state index in [4.69, 9.17) is 14.2 Å². The van der Waals surface area contributed by atoms with Crippen molar-refractivity contribution in [3.05, 3.63) is 70.6 Å². The van der Waals surface area contributed by atoms with Crippen LogP contribution in [-0.2, 0) is 14.3 Å². The van der Waals surface area contributed by atoms with Crippen molar-refractivity contribution in [1.29, 1.82) is 0 Å². The molecule has 3 aromatic rings. The molecule has 0 spiro atoms. The Morgan fingerprint density at radius 1 is 1.11 bits per heavy atom. The van der Waals surface area contributed by atoms with Crippen molar-refractivity contribution in [3.63, 3.8) is 0 Å². The number of nitrogens with zero attached hydrogens (tertiary/aromatic N) is 1. The Labute approximate surface area is 160 Å². The van der Waals surface area contributed by atoms with E-state index in [1.165, 1.54) is 17.9 Å². The van der Waals surface area contributed by atoms with E-state index in [-0.39, 0.29) is 17.7 Å². The smallest absolute Gasteiger partial charge is 0.347 e. The van der Waals surface area contributed by atoms with Crippen LogP contribution in [0.25, 0.3) is 16.5 Å². The highest BCUT2D eigenvalue weighted by Gasteiger charge is 2.31. The van der Waals surface area contributed by atoms with Crippen LogP contribution < -0.4 is 10.3 Å². The van der Waals surface area contributed by atoms with Gasteiger partial charge in [-0.15, -0.1) is 0 Å². The normalized spacial score (nSPS) is 16.0. The van der Waals surface area contributed by atoms with Crippen LogP contribution in [0.1, 0.15) is 16.8 Å². The first-order chi connectivity index (χ1) is 13.6. The lowest BCUT2D eigenvalue weighted by molar-refractivity contribution is -0.145. The second-order valence-electron chi connectivity index (χ2n) is 6.32. The second kappa shape index (κ2) is 7.19. The molecule has 1 saturated heterocycles. The van der Waals surface area contributed by atoms with E-state index in [1.807, 2.05) is 0 Å². The summed E-state index contributed by atoms with van der Waals surface area (Å²) < 4.78 is 16.8. The monoisotopic (exact) mass is 379 g/mol. The predicted molar refractivity (Wildman–Crippen MR) is 101 cm³/mol. The van der Waals surface area contributed by atoms with Crippen molar-refractivity contribution in [3.8, 4) is 11.4 Å². The van der Waals surface area contributed by atoms with Gasteiger partial charge in [-0.25, -0.2) is 9.59 Å². The average Bonchev–Trinajstić information content (AvgIpc) is 3.13. The molecule has 1 atom stereocenters. The summed E-state index contributed by atoms with van der Waals surface area (Å²) in [6.45, 7) is 0.223. The van der Waals surface area contributed by atoms with Gasteiger partial charge in [0.05, 0.1) is 25.0 Å². The van der Waals surface area contributed by atoms with E-state index < -0.39 is 18.0 Å². The third kappa shape index (κ3) is 3.11. The molecule has 0 unspecified atom stereocenters. The standard InChI is InChI=1S/C21H17NO6/c1-26-14-6-4-5-13(11-14)22-12-17(15-7-2-3-8-16(15)19(22)23)20(24)28-18-9-10-27-21(18)25/h2-8,11-12,18H,9-10H2,1H3/t18-/m1/s1. The van der Waals surface area contributed by atoms with Crippen LogP contribution in [0.4, 0.5) is 0 Å². The maximum Gasteiger partial charge on any atom is 0.347 e. The largest absolute Gasteiger partial charge is 0.497 e. The summed E-state index contributed by atoms with van der Waals surface area (Å²) in [5.74, 6) is -0.661. The summed E-state index contributed by atoms with van der Waals surface area (Å²) in [5, 5.41) is 0.830. The Morgan fingerprint density at radius 3 is 2.61 bits per heavy atom. The molecule has 2 heterocycles. The quantitative estimate of drug-likeness (QED) is 0.648. The fraction of sp³-hybridized carbons (Fsp3) is 0.190. The number of ether oxygens (including phenoxy) is 3. The number of pyridine rings is 1. The van der Waals surface area contributed by atoms with Gasteiger partial charge >= 0.3 is 11.9 Å². The van der Waals surface area contributed by atoms with E-state index in [2.05, 4.69) is 0 Å². The number of cyclic esters (lactones) is 1. The van der Waals surface area contributed by atoms with Crippen molar-refractivity contribution >= 4 is 22.7 Å². The number of carbonyl (C=O) groups is 2. The molecular formula is C21H17NO6. The Kier molecular flexibility index (Phi) is 4.57. The van der Waals surface area contributed by atoms with Crippen molar-refractivity contribution < 1.29 is 23.8 Å². The number of benzene rings is 2. The van der Waals surface area contributed by atoms with Gasteiger partial charge in [-0.05, 0) is 18.2 Å². The maximum atomic E-state index is 13.0. The SMILES string of the molecule is COc1cccc(-n2cc(C(=O)O[C@@H]3CCOC3=O)c3ccccc3c2=O)c1. The fourth-order valence-corrected chi connectivity index (χ4v) is 3.18. The zero-order chi connectivity index (χ0) is 19.7. The summed E-state index contributed by atoms with van der Waals surface area (Å²) >= 11 is 0. The summed E-state index contributed by atoms with van der Waals surface area (Å²) in [6, 6.07) is 13.7. The summed E-state index contributed by atoms with van der Waals surface area (Å²) in [4.78, 5) is 37.5. The predicted octanol–water partition coefficient (Wildman–Crippen LogP) is 2.47. The van der Waals surface area contributed by atoms with E-state index in [1.54, 1.807) is 48.5 Å². The molecule has 0 aliphatic carbocycles. The molecule has 2 aromatic carbocycles. The fourth-order valence-electron chi connectivity index (χ4n) is 3.18. The number of hydrogen-bond donors (Lipinski definition) is 0. The van der Waals surface area contributed by atoms with Gasteiger partial charge < -0.3 is 14.2 Å². The van der Waals surface area contributed by atoms with Crippen LogP contribution >= 0.6 is 0 Å². The van der Waals surface area contributed by atoms with Gasteiger partial charge in [0, 0.05) is 29.5 Å². The first-order valence-electron chi connectivity index (χ1n) is 8.75. The van der Waals surface area contributed by atoms with Crippen LogP contribution in [0.5, 0.6) is 5.75 Å². The molecule has 1 aromatic heterocycles. The Balaban J connectivity index is 1.85. The highest BCUT2D eigenvalue weighted by atomic mass is 16.6. The molecule has 0 radical (unpaired) electrons. The molecule has 0 bridgehead atoms. The number of aromatic nitrogens is 1. The first kappa shape index (κ1) is 17.8. The zero-order valence-corrected chi connectivity index (χ0v) is 15.1. The van der Waals surface area contributed by atoms with Gasteiger partial charge in [0.15, 0.2) is 0 Å². The molecule has 7 heteroatoms. The molecule has 0 saturated carbocycles. The lowest BCUT2D eigenvalue weighted by Gasteiger charge is -2.14. The van der Waals surface area contributed by atoms with E-state index >= 15 is 0 Å². The van der Waals surface area contributed by atoms with Gasteiger partial charge in [0.25, 0.3) is 5.56 Å². The van der Waals surface area contributed by atoms with Gasteiger partial charge in [-0.2, -0.15) is 0 Å². The molecule has 7 nitrogen and oxygen atoms in total. The first-order valence-corrected chi connectivity index (χ1v) is 8.75. The van der Waals surface area contributed by atoms with E-state index in [9.17, 15) is 14.4 Å². The lowest BCUT2D eigenvalue weighted by Crippen LogP contribution is -2.25. The second-order valence-corrected chi connectivity index (χ2v) is 6.32. The van der Waals surface area contributed by atoms with Crippen molar-refractivity contribution in [1.82, 2.24) is 4.57 Å². The minimum Gasteiger partial charge on any atom is -0.497 e. The molecule has 142 valence electrons. The molecular weight excluding hydrogens is 362 g/mol. The maximum absolute atomic E-state index is 13.0. The highest BCUT2D eigenvalue weighted by molar-refractivity contribution is 6.04. The third-order valence-corrected chi connectivity index (χ3v) is 4.61. The van der Waals surface area contributed by atoms with E-state index in [0.29, 0.717) is 28.6 Å². The minimum absolute atomic E-state index is 0.192. The number of fused-ring (bicyclic) bond motifs is 1. The molecule has 0 amide bonds. The van der Waals surface area contributed by atoms with Crippen molar-refractivity contribution in [2.75, 3.05) is 13.7 Å². The van der Waals surface area contributed by atoms with Crippen LogP contribution in [-0.4, -0.2) is 36.3 Å². The molecule has 4 rings (SSSR count). The number of rotatable bonds is 4. The van der Waals surface area contributed by atoms with Crippen molar-refractivity contribution in [2.24, 2.45) is 0 Å². The van der Waals surface area contributed by atoms with Crippen LogP contribution in [0.15, 0.2) is 59.5 Å². The average molecular weight is 379 g/mol. The number of esters is 2. The molecule has 1 aliphatic heterocycles. The number of methoxy groups -OCH3 is 1.